The van der Waals surface area contributed by atoms with Crippen LogP contribution in [0.1, 0.15) is 15.9 Å². The summed E-state index contributed by atoms with van der Waals surface area (Å²) in [6.45, 7) is 0.180. The summed E-state index contributed by atoms with van der Waals surface area (Å²) in [5, 5.41) is 2.38. The number of nitrogens with two attached hydrogens (primary N) is 1. The van der Waals surface area contributed by atoms with Gasteiger partial charge in [-0.25, -0.2) is 8.78 Å². The van der Waals surface area contributed by atoms with Crippen molar-refractivity contribution in [2.45, 2.75) is 0 Å². The normalized spacial score (nSPS) is 9.67. The molecule has 3 N–H and O–H groups in total. The van der Waals surface area contributed by atoms with Gasteiger partial charge in [0.2, 0.25) is 0 Å². The Morgan fingerprint density at radius 1 is 1.19 bits per heavy atom. The lowest BCUT2D eigenvalue weighted by molar-refractivity contribution is 0.102. The van der Waals surface area contributed by atoms with Crippen molar-refractivity contribution in [2.75, 3.05) is 11.9 Å². The topological polar surface area (TPSA) is 55.1 Å². The minimum atomic E-state index is -0.622. The predicted molar refractivity (Wildman–Crippen MR) is 76.7 cm³/mol. The van der Waals surface area contributed by atoms with E-state index < -0.39 is 17.5 Å². The van der Waals surface area contributed by atoms with Crippen LogP contribution in [0.2, 0.25) is 0 Å². The van der Waals surface area contributed by atoms with Gasteiger partial charge in [-0.05, 0) is 36.4 Å². The SMILES string of the molecule is NCC#Cc1ccc(NC(=O)c2cccc(F)c2)c(F)c1. The second-order valence-electron chi connectivity index (χ2n) is 4.16. The van der Waals surface area contributed by atoms with Crippen LogP contribution in [0.15, 0.2) is 42.5 Å². The number of benzene rings is 2. The first kappa shape index (κ1) is 14.7. The Bertz CT molecular complexity index is 733. The van der Waals surface area contributed by atoms with Gasteiger partial charge in [0.25, 0.3) is 5.91 Å². The molecule has 0 aromatic heterocycles. The molecule has 0 radical (unpaired) electrons. The van der Waals surface area contributed by atoms with Crippen molar-refractivity contribution in [1.82, 2.24) is 0 Å². The standard InChI is InChI=1S/C16H12F2N2O/c17-13-5-1-4-12(10-13)16(21)20-15-7-6-11(3-2-8-19)9-14(15)18/h1,4-7,9-10H,8,19H2,(H,20,21). The minimum Gasteiger partial charge on any atom is -0.320 e. The van der Waals surface area contributed by atoms with E-state index in [2.05, 4.69) is 17.2 Å². The van der Waals surface area contributed by atoms with Gasteiger partial charge in [0.05, 0.1) is 12.2 Å². The molecule has 2 rings (SSSR count). The van der Waals surface area contributed by atoms with Gasteiger partial charge in [-0.3, -0.25) is 4.79 Å². The zero-order valence-electron chi connectivity index (χ0n) is 11.0. The third-order valence-corrected chi connectivity index (χ3v) is 2.64. The molecular formula is C16H12F2N2O. The second-order valence-corrected chi connectivity index (χ2v) is 4.16. The van der Waals surface area contributed by atoms with Crippen molar-refractivity contribution >= 4 is 11.6 Å². The number of carbonyl (C=O) groups excluding carboxylic acids is 1. The third kappa shape index (κ3) is 3.88. The Morgan fingerprint density at radius 2 is 2.00 bits per heavy atom. The number of rotatable bonds is 2. The van der Waals surface area contributed by atoms with Crippen molar-refractivity contribution in [2.24, 2.45) is 5.73 Å². The molecule has 3 nitrogen and oxygen atoms in total. The maximum Gasteiger partial charge on any atom is 0.255 e. The highest BCUT2D eigenvalue weighted by atomic mass is 19.1. The van der Waals surface area contributed by atoms with E-state index in [1.165, 1.54) is 30.3 Å². The van der Waals surface area contributed by atoms with Gasteiger partial charge in [0, 0.05) is 11.1 Å². The third-order valence-electron chi connectivity index (χ3n) is 2.64. The van der Waals surface area contributed by atoms with Crippen molar-refractivity contribution in [3.05, 3.63) is 65.2 Å². The molecule has 0 saturated carbocycles. The Balaban J connectivity index is 2.18. The van der Waals surface area contributed by atoms with Gasteiger partial charge in [0.1, 0.15) is 11.6 Å². The molecule has 2 aromatic carbocycles. The summed E-state index contributed by atoms with van der Waals surface area (Å²) >= 11 is 0. The first-order valence-electron chi connectivity index (χ1n) is 6.15. The number of hydrogen-bond donors (Lipinski definition) is 2. The van der Waals surface area contributed by atoms with Crippen LogP contribution in [0.25, 0.3) is 0 Å². The predicted octanol–water partition coefficient (Wildman–Crippen LogP) is 2.53. The van der Waals surface area contributed by atoms with Crippen LogP contribution >= 0.6 is 0 Å². The second kappa shape index (κ2) is 6.64. The maximum atomic E-state index is 13.8. The molecule has 0 saturated heterocycles. The molecule has 0 aliphatic rings. The number of halogens is 2. The highest BCUT2D eigenvalue weighted by Gasteiger charge is 2.10. The molecule has 2 aromatic rings. The molecule has 0 atom stereocenters. The Hall–Kier alpha value is -2.71. The van der Waals surface area contributed by atoms with E-state index in [0.29, 0.717) is 5.56 Å². The van der Waals surface area contributed by atoms with Crippen molar-refractivity contribution in [3.8, 4) is 11.8 Å². The average Bonchev–Trinajstić information content (AvgIpc) is 2.47. The molecule has 0 bridgehead atoms. The lowest BCUT2D eigenvalue weighted by Crippen LogP contribution is -2.13. The van der Waals surface area contributed by atoms with E-state index in [0.717, 1.165) is 6.07 Å². The Kier molecular flexibility index (Phi) is 4.64. The quantitative estimate of drug-likeness (QED) is 0.834. The fourth-order valence-corrected chi connectivity index (χ4v) is 1.67. The minimum absolute atomic E-state index is 0.00237. The molecule has 0 fully saturated rings. The number of amides is 1. The van der Waals surface area contributed by atoms with Crippen molar-refractivity contribution in [1.29, 1.82) is 0 Å². The van der Waals surface area contributed by atoms with E-state index in [1.54, 1.807) is 6.07 Å². The largest absolute Gasteiger partial charge is 0.320 e. The van der Waals surface area contributed by atoms with Crippen LogP contribution in [0.5, 0.6) is 0 Å². The molecule has 5 heteroatoms. The van der Waals surface area contributed by atoms with Gasteiger partial charge in [-0.2, -0.15) is 0 Å². The zero-order chi connectivity index (χ0) is 15.2. The summed E-state index contributed by atoms with van der Waals surface area (Å²) < 4.78 is 26.9. The lowest BCUT2D eigenvalue weighted by Gasteiger charge is -2.07. The number of nitrogens with one attached hydrogen (secondary N) is 1. The molecule has 0 heterocycles. The van der Waals surface area contributed by atoms with Crippen molar-refractivity contribution in [3.63, 3.8) is 0 Å². The number of carbonyl (C=O) groups is 1. The van der Waals surface area contributed by atoms with Crippen LogP contribution in [0.3, 0.4) is 0 Å². The number of hydrogen-bond acceptors (Lipinski definition) is 2. The molecule has 1 amide bonds. The van der Waals surface area contributed by atoms with Gasteiger partial charge in [-0.1, -0.05) is 17.9 Å². The smallest absolute Gasteiger partial charge is 0.255 e. The van der Waals surface area contributed by atoms with Gasteiger partial charge in [-0.15, -0.1) is 0 Å². The van der Waals surface area contributed by atoms with Crippen LogP contribution in [-0.4, -0.2) is 12.5 Å². The Morgan fingerprint density at radius 3 is 2.67 bits per heavy atom. The van der Waals surface area contributed by atoms with Crippen molar-refractivity contribution < 1.29 is 13.6 Å². The van der Waals surface area contributed by atoms with E-state index >= 15 is 0 Å². The summed E-state index contributed by atoms with van der Waals surface area (Å²) in [5.74, 6) is 3.55. The van der Waals surface area contributed by atoms with Crippen LogP contribution in [0, 0.1) is 23.5 Å². The molecule has 0 aliphatic heterocycles. The molecule has 21 heavy (non-hydrogen) atoms. The van der Waals surface area contributed by atoms with Crippen LogP contribution in [-0.2, 0) is 0 Å². The maximum absolute atomic E-state index is 13.8. The highest BCUT2D eigenvalue weighted by molar-refractivity contribution is 6.04. The van der Waals surface area contributed by atoms with Gasteiger partial charge in [0.15, 0.2) is 0 Å². The fraction of sp³-hybridized carbons (Fsp3) is 0.0625. The first-order chi connectivity index (χ1) is 10.1. The molecule has 0 spiro atoms. The number of anilines is 1. The van der Waals surface area contributed by atoms with E-state index in [-0.39, 0.29) is 17.8 Å². The monoisotopic (exact) mass is 286 g/mol. The average molecular weight is 286 g/mol. The fourth-order valence-electron chi connectivity index (χ4n) is 1.67. The lowest BCUT2D eigenvalue weighted by atomic mass is 10.1. The molecule has 0 aliphatic carbocycles. The molecule has 0 unspecified atom stereocenters. The Labute approximate surface area is 120 Å². The van der Waals surface area contributed by atoms with Crippen LogP contribution in [0.4, 0.5) is 14.5 Å². The summed E-state index contributed by atoms with van der Waals surface area (Å²) in [5.41, 5.74) is 5.81. The van der Waals surface area contributed by atoms with E-state index in [9.17, 15) is 13.6 Å². The van der Waals surface area contributed by atoms with E-state index in [1.807, 2.05) is 0 Å². The van der Waals surface area contributed by atoms with Crippen LogP contribution < -0.4 is 11.1 Å². The summed E-state index contributed by atoms with van der Waals surface area (Å²) in [6, 6.07) is 9.31. The first-order valence-corrected chi connectivity index (χ1v) is 6.15. The van der Waals surface area contributed by atoms with E-state index in [4.69, 9.17) is 5.73 Å². The van der Waals surface area contributed by atoms with Gasteiger partial charge < -0.3 is 11.1 Å². The summed E-state index contributed by atoms with van der Waals surface area (Å²) in [7, 11) is 0. The molecule has 106 valence electrons. The highest BCUT2D eigenvalue weighted by Crippen LogP contribution is 2.16. The zero-order valence-corrected chi connectivity index (χ0v) is 11.0. The summed E-state index contributed by atoms with van der Waals surface area (Å²) in [6.07, 6.45) is 0. The van der Waals surface area contributed by atoms with Gasteiger partial charge >= 0.3 is 0 Å². The molecular weight excluding hydrogens is 274 g/mol. The summed E-state index contributed by atoms with van der Waals surface area (Å²) in [4.78, 5) is 11.9.